The number of aromatic amines is 1. The molecule has 37 heavy (non-hydrogen) atoms. The van der Waals surface area contributed by atoms with Gasteiger partial charge in [-0.15, -0.1) is 0 Å². The Bertz CT molecular complexity index is 1140. The average Bonchev–Trinajstić information content (AvgIpc) is 3.11. The van der Waals surface area contributed by atoms with Gasteiger partial charge in [-0.05, 0) is 0 Å². The number of ether oxygens (including phenoxy) is 2. The summed E-state index contributed by atoms with van der Waals surface area (Å²) < 4.78 is 55.0. The topological polar surface area (TPSA) is 292 Å². The fraction of sp³-hybridized carbons (Fsp3) is 0.750. The van der Waals surface area contributed by atoms with E-state index in [1.807, 2.05) is 4.98 Å². The van der Waals surface area contributed by atoms with Crippen LogP contribution in [0.15, 0.2) is 21.9 Å². The molecule has 3 rings (SSSR count). The second-order valence-electron chi connectivity index (χ2n) is 7.93. The van der Waals surface area contributed by atoms with Crippen LogP contribution >= 0.6 is 15.6 Å². The number of aliphatic hydroxyl groups excluding tert-OH is 5. The van der Waals surface area contributed by atoms with Crippen molar-refractivity contribution in [2.75, 3.05) is 20.3 Å². The zero-order valence-electron chi connectivity index (χ0n) is 18.9. The molecule has 21 heteroatoms. The number of aliphatic hydroxyl groups is 5. The van der Waals surface area contributed by atoms with Crippen molar-refractivity contribution in [1.29, 1.82) is 0 Å². The summed E-state index contributed by atoms with van der Waals surface area (Å²) in [4.78, 5) is 35.2. The first-order valence-corrected chi connectivity index (χ1v) is 13.4. The minimum Gasteiger partial charge on any atom is -0.394 e. The van der Waals surface area contributed by atoms with E-state index in [-0.39, 0.29) is 0 Å². The first kappa shape index (κ1) is 30.2. The number of nitrogens with one attached hydrogen (secondary N) is 1. The van der Waals surface area contributed by atoms with Gasteiger partial charge in [0.25, 0.3) is 5.56 Å². The van der Waals surface area contributed by atoms with Gasteiger partial charge >= 0.3 is 21.3 Å². The minimum absolute atomic E-state index is 0.722. The quantitative estimate of drug-likeness (QED) is 0.122. The van der Waals surface area contributed by atoms with Crippen LogP contribution in [-0.4, -0.2) is 109 Å². The molecule has 2 aliphatic heterocycles. The smallest absolute Gasteiger partial charge is 0.394 e. The molecule has 0 bridgehead atoms. The zero-order chi connectivity index (χ0) is 27.7. The molecule has 212 valence electrons. The van der Waals surface area contributed by atoms with Crippen LogP contribution in [-0.2, 0) is 36.5 Å². The van der Waals surface area contributed by atoms with Crippen molar-refractivity contribution in [2.45, 2.75) is 55.2 Å². The van der Waals surface area contributed by atoms with E-state index in [1.165, 1.54) is 0 Å². The van der Waals surface area contributed by atoms with Crippen molar-refractivity contribution in [3.05, 3.63) is 33.1 Å². The van der Waals surface area contributed by atoms with E-state index < -0.39 is 95.3 Å². The van der Waals surface area contributed by atoms with Crippen molar-refractivity contribution >= 4 is 15.6 Å². The summed E-state index contributed by atoms with van der Waals surface area (Å²) >= 11 is 0. The van der Waals surface area contributed by atoms with Gasteiger partial charge < -0.3 is 45.6 Å². The summed E-state index contributed by atoms with van der Waals surface area (Å²) in [6, 6.07) is -0.634. The molecule has 2 fully saturated rings. The summed E-state index contributed by atoms with van der Waals surface area (Å²) in [6.45, 7) is -1.68. The molecular weight excluding hydrogens is 552 g/mol. The highest BCUT2D eigenvalue weighted by Gasteiger charge is 2.49. The largest absolute Gasteiger partial charge is 0.483 e. The molecule has 9 N–H and O–H groups in total. The van der Waals surface area contributed by atoms with Gasteiger partial charge in [0, 0.05) is 19.4 Å². The van der Waals surface area contributed by atoms with Crippen molar-refractivity contribution < 1.29 is 66.9 Å². The monoisotopic (exact) mass is 579 g/mol. The fourth-order valence-corrected chi connectivity index (χ4v) is 5.98. The van der Waals surface area contributed by atoms with E-state index in [4.69, 9.17) is 19.7 Å². The Morgan fingerprint density at radius 3 is 2.32 bits per heavy atom. The normalized spacial score (nSPS) is 37.7. The molecule has 0 saturated carbocycles. The van der Waals surface area contributed by atoms with E-state index in [0.717, 1.165) is 23.9 Å². The first-order valence-electron chi connectivity index (χ1n) is 10.5. The zero-order valence-corrected chi connectivity index (χ0v) is 20.7. The van der Waals surface area contributed by atoms with Gasteiger partial charge in [-0.2, -0.15) is 4.31 Å². The molecular formula is C16H27N3O16P2. The second kappa shape index (κ2) is 11.8. The third-order valence-corrected chi connectivity index (χ3v) is 8.46. The van der Waals surface area contributed by atoms with Gasteiger partial charge in [0.1, 0.15) is 36.6 Å². The Morgan fingerprint density at radius 2 is 1.73 bits per heavy atom. The summed E-state index contributed by atoms with van der Waals surface area (Å²) in [5.41, 5.74) is 3.93. The molecule has 1 aromatic rings. The minimum atomic E-state index is -5.40. The molecule has 2 saturated heterocycles. The van der Waals surface area contributed by atoms with Gasteiger partial charge in [0.15, 0.2) is 12.5 Å². The number of hydrogen-bond acceptors (Lipinski definition) is 16. The predicted molar refractivity (Wildman–Crippen MR) is 116 cm³/mol. The predicted octanol–water partition coefficient (Wildman–Crippen LogP) is -4.17. The molecule has 0 amide bonds. The summed E-state index contributed by atoms with van der Waals surface area (Å²) in [5.74, 6) is 0. The summed E-state index contributed by atoms with van der Waals surface area (Å²) in [5, 5.41) is 49.4. The highest BCUT2D eigenvalue weighted by molar-refractivity contribution is 7.61. The van der Waals surface area contributed by atoms with Crippen LogP contribution in [0.2, 0.25) is 0 Å². The SMILES string of the molecule is COP(=O)(OCC1OC(n2ccc(=O)[nH]c2=O)[C@H](O)[C@@H]1O)OP(=O)(O)O[C@H]1OC(CO)[C@H](O)C(O)C1N. The van der Waals surface area contributed by atoms with E-state index in [2.05, 4.69) is 13.4 Å². The molecule has 0 spiro atoms. The van der Waals surface area contributed by atoms with Crippen LogP contribution in [0.5, 0.6) is 0 Å². The maximum atomic E-state index is 12.8. The number of nitrogens with zero attached hydrogens (tertiary/aromatic N) is 1. The van der Waals surface area contributed by atoms with Crippen LogP contribution in [0.25, 0.3) is 0 Å². The Morgan fingerprint density at radius 1 is 1.08 bits per heavy atom. The van der Waals surface area contributed by atoms with Crippen LogP contribution in [0.3, 0.4) is 0 Å². The van der Waals surface area contributed by atoms with Crippen LogP contribution < -0.4 is 17.0 Å². The number of aromatic nitrogens is 2. The van der Waals surface area contributed by atoms with E-state index >= 15 is 0 Å². The number of phosphoric ester groups is 2. The standard InChI is InChI=1S/C16H27N3O16P2/c1-30-37(29,35-36(27,28)34-15-9(17)12(24)10(22)6(4-20)33-15)31-5-7-11(23)13(25)14(32-7)19-3-2-8(21)18-16(19)26/h2-3,6-7,9-15,20,22-25H,4-5,17H2,1H3,(H,27,28)(H,18,21,26)/t6?,7?,9?,10-,11+,12?,13+,14?,15+,37?/m0/s1. The van der Waals surface area contributed by atoms with Crippen LogP contribution in [0.1, 0.15) is 6.23 Å². The van der Waals surface area contributed by atoms with Crippen LogP contribution in [0.4, 0.5) is 0 Å². The average molecular weight is 579 g/mol. The summed E-state index contributed by atoms with van der Waals surface area (Å²) in [7, 11) is -9.58. The molecule has 2 aliphatic rings. The van der Waals surface area contributed by atoms with Crippen molar-refractivity contribution in [3.63, 3.8) is 0 Å². The molecule has 0 aliphatic carbocycles. The lowest BCUT2D eigenvalue weighted by Gasteiger charge is -2.40. The lowest BCUT2D eigenvalue weighted by molar-refractivity contribution is -0.242. The Kier molecular flexibility index (Phi) is 9.61. The third-order valence-electron chi connectivity index (χ3n) is 5.45. The maximum absolute atomic E-state index is 12.8. The second-order valence-corrected chi connectivity index (χ2v) is 11.2. The number of nitrogens with two attached hydrogens (primary N) is 1. The number of rotatable bonds is 10. The third kappa shape index (κ3) is 6.80. The molecule has 0 radical (unpaired) electrons. The van der Waals surface area contributed by atoms with Gasteiger partial charge in [0.05, 0.1) is 19.3 Å². The lowest BCUT2D eigenvalue weighted by atomic mass is 9.98. The lowest BCUT2D eigenvalue weighted by Crippen LogP contribution is -2.62. The molecule has 0 aromatic carbocycles. The molecule has 7 unspecified atom stereocenters. The Labute approximate surface area is 207 Å². The van der Waals surface area contributed by atoms with E-state index in [9.17, 15) is 49.1 Å². The highest BCUT2D eigenvalue weighted by Crippen LogP contribution is 2.64. The van der Waals surface area contributed by atoms with Crippen molar-refractivity contribution in [1.82, 2.24) is 9.55 Å². The first-order chi connectivity index (χ1) is 17.2. The number of H-pyrrole nitrogens is 1. The number of phosphoric acid groups is 2. The number of hydrogen-bond donors (Lipinski definition) is 8. The van der Waals surface area contributed by atoms with Crippen LogP contribution in [0, 0.1) is 0 Å². The van der Waals surface area contributed by atoms with E-state index in [1.54, 1.807) is 0 Å². The van der Waals surface area contributed by atoms with Crippen molar-refractivity contribution in [3.8, 4) is 0 Å². The van der Waals surface area contributed by atoms with Gasteiger partial charge in [-0.3, -0.25) is 27.9 Å². The molecule has 1 aromatic heterocycles. The summed E-state index contributed by atoms with van der Waals surface area (Å²) in [6.07, 6.45) is -12.1. The maximum Gasteiger partial charge on any atom is 0.483 e. The fourth-order valence-electron chi connectivity index (χ4n) is 3.47. The molecule has 3 heterocycles. The Balaban J connectivity index is 1.65. The van der Waals surface area contributed by atoms with Gasteiger partial charge in [0.2, 0.25) is 0 Å². The Hall–Kier alpha value is -1.38. The highest BCUT2D eigenvalue weighted by atomic mass is 31.3. The van der Waals surface area contributed by atoms with E-state index in [0.29, 0.717) is 0 Å². The van der Waals surface area contributed by atoms with Gasteiger partial charge in [-0.25, -0.2) is 13.9 Å². The van der Waals surface area contributed by atoms with Crippen molar-refractivity contribution in [2.24, 2.45) is 5.73 Å². The molecule has 11 atom stereocenters. The van der Waals surface area contributed by atoms with Gasteiger partial charge in [-0.1, -0.05) is 0 Å². The molecule has 19 nitrogen and oxygen atoms in total.